The van der Waals surface area contributed by atoms with Crippen LogP contribution in [-0.4, -0.2) is 48.7 Å². The Hall–Kier alpha value is -0.910. The van der Waals surface area contributed by atoms with E-state index in [1.54, 1.807) is 6.08 Å². The Bertz CT molecular complexity index is 330. The van der Waals surface area contributed by atoms with E-state index in [2.05, 4.69) is 0 Å². The van der Waals surface area contributed by atoms with E-state index in [1.165, 1.54) is 51.4 Å². The van der Waals surface area contributed by atoms with Gasteiger partial charge in [0.15, 0.2) is 6.10 Å². The first kappa shape index (κ1) is 25.1. The van der Waals surface area contributed by atoms with E-state index in [0.29, 0.717) is 13.2 Å². The lowest BCUT2D eigenvalue weighted by atomic mass is 10.1. The van der Waals surface area contributed by atoms with E-state index in [-0.39, 0.29) is 6.42 Å². The van der Waals surface area contributed by atoms with Gasteiger partial charge in [-0.2, -0.15) is 0 Å². The minimum atomic E-state index is -1.26. The van der Waals surface area contributed by atoms with Crippen LogP contribution < -0.4 is 0 Å². The number of rotatable bonds is 20. The minimum absolute atomic E-state index is 0.203. The molecule has 0 spiro atoms. The Labute approximate surface area is 159 Å². The van der Waals surface area contributed by atoms with Crippen LogP contribution in [0.3, 0.4) is 0 Å². The maximum absolute atomic E-state index is 10.4. The van der Waals surface area contributed by atoms with Crippen LogP contribution in [0.5, 0.6) is 0 Å². The van der Waals surface area contributed by atoms with E-state index >= 15 is 0 Å². The molecule has 0 aliphatic heterocycles. The smallest absolute Gasteiger partial charge is 0.332 e. The third kappa shape index (κ3) is 19.4. The summed E-state index contributed by atoms with van der Waals surface area (Å²) in [6.45, 7) is 5.04. The number of ether oxygens (including phenoxy) is 2. The lowest BCUT2D eigenvalue weighted by Crippen LogP contribution is -2.17. The van der Waals surface area contributed by atoms with Gasteiger partial charge in [0.25, 0.3) is 0 Å². The van der Waals surface area contributed by atoms with Crippen LogP contribution in [0.15, 0.2) is 12.2 Å². The van der Waals surface area contributed by atoms with Gasteiger partial charge >= 0.3 is 5.97 Å². The number of carboxylic acid groups (broad SMARTS) is 1. The van der Waals surface area contributed by atoms with Gasteiger partial charge in [-0.15, -0.1) is 0 Å². The molecule has 0 radical (unpaired) electrons. The number of aliphatic carboxylic acids is 1. The van der Waals surface area contributed by atoms with Gasteiger partial charge in [-0.3, -0.25) is 0 Å². The minimum Gasteiger partial charge on any atom is -0.479 e. The van der Waals surface area contributed by atoms with Crippen LogP contribution in [-0.2, 0) is 14.3 Å². The first-order chi connectivity index (χ1) is 12.7. The van der Waals surface area contributed by atoms with Crippen LogP contribution >= 0.6 is 0 Å². The highest BCUT2D eigenvalue weighted by Crippen LogP contribution is 2.11. The monoisotopic (exact) mass is 372 g/mol. The van der Waals surface area contributed by atoms with Gasteiger partial charge in [0.1, 0.15) is 0 Å². The quantitative estimate of drug-likeness (QED) is 0.239. The van der Waals surface area contributed by atoms with Gasteiger partial charge in [0.05, 0.1) is 13.2 Å². The first-order valence-electron chi connectivity index (χ1n) is 10.4. The number of hydrogen-bond donors (Lipinski definition) is 2. The van der Waals surface area contributed by atoms with Crippen molar-refractivity contribution in [3.8, 4) is 0 Å². The largest absolute Gasteiger partial charge is 0.479 e. The molecule has 0 bridgehead atoms. The molecule has 0 aromatic rings. The van der Waals surface area contributed by atoms with Gasteiger partial charge in [-0.05, 0) is 26.2 Å². The summed E-state index contributed by atoms with van der Waals surface area (Å²) in [7, 11) is 0. The van der Waals surface area contributed by atoms with Crippen LogP contribution in [0.4, 0.5) is 0 Å². The van der Waals surface area contributed by atoms with E-state index in [0.717, 1.165) is 32.5 Å². The Morgan fingerprint density at radius 2 is 1.35 bits per heavy atom. The summed E-state index contributed by atoms with van der Waals surface area (Å²) < 4.78 is 10.7. The molecule has 1 atom stereocenters. The third-order valence-electron chi connectivity index (χ3n) is 4.30. The van der Waals surface area contributed by atoms with Crippen LogP contribution in [0, 0.1) is 0 Å². The summed E-state index contributed by atoms with van der Waals surface area (Å²) in [6.07, 6.45) is 16.3. The van der Waals surface area contributed by atoms with E-state index < -0.39 is 12.1 Å². The molecular weight excluding hydrogens is 332 g/mol. The summed E-state index contributed by atoms with van der Waals surface area (Å²) in [4.78, 5) is 10.4. The van der Waals surface area contributed by atoms with Crippen molar-refractivity contribution < 1.29 is 24.5 Å². The number of carboxylic acids is 1. The fraction of sp³-hybridized carbons (Fsp3) is 0.857. The lowest BCUT2D eigenvalue weighted by molar-refractivity contribution is -0.146. The van der Waals surface area contributed by atoms with Crippen molar-refractivity contribution in [1.29, 1.82) is 0 Å². The number of aliphatic hydroxyl groups is 1. The summed E-state index contributed by atoms with van der Waals surface area (Å²) in [5, 5.41) is 17.6. The molecule has 0 rings (SSSR count). The molecule has 0 fully saturated rings. The fourth-order valence-electron chi connectivity index (χ4n) is 2.69. The van der Waals surface area contributed by atoms with Crippen LogP contribution in [0.2, 0.25) is 0 Å². The molecule has 0 aromatic carbocycles. The highest BCUT2D eigenvalue weighted by atomic mass is 16.5. The SMILES string of the molecule is CCOCCOCCCCCCCCCCCCC=CCC(O)C(=O)O. The normalized spacial score (nSPS) is 12.7. The molecule has 0 aromatic heterocycles. The summed E-state index contributed by atoms with van der Waals surface area (Å²) in [5.74, 6) is -1.15. The molecule has 1 unspecified atom stereocenters. The summed E-state index contributed by atoms with van der Waals surface area (Å²) >= 11 is 0. The summed E-state index contributed by atoms with van der Waals surface area (Å²) in [6, 6.07) is 0. The second-order valence-electron chi connectivity index (χ2n) is 6.69. The van der Waals surface area contributed by atoms with E-state index in [9.17, 15) is 4.79 Å². The number of allylic oxidation sites excluding steroid dienone is 1. The fourth-order valence-corrected chi connectivity index (χ4v) is 2.69. The van der Waals surface area contributed by atoms with Crippen molar-refractivity contribution in [2.75, 3.05) is 26.4 Å². The molecule has 5 nitrogen and oxygen atoms in total. The molecule has 2 N–H and O–H groups in total. The number of carbonyl (C=O) groups is 1. The van der Waals surface area contributed by atoms with Gasteiger partial charge in [0.2, 0.25) is 0 Å². The van der Waals surface area contributed by atoms with Crippen LogP contribution in [0.25, 0.3) is 0 Å². The van der Waals surface area contributed by atoms with Gasteiger partial charge in [-0.1, -0.05) is 63.5 Å². The Balaban J connectivity index is 3.11. The van der Waals surface area contributed by atoms with Crippen molar-refractivity contribution >= 4 is 5.97 Å². The highest BCUT2D eigenvalue weighted by Gasteiger charge is 2.09. The standard InChI is InChI=1S/C21H40O5/c1-2-25-18-19-26-17-15-13-11-9-7-5-3-4-6-8-10-12-14-16-20(22)21(23)24/h12,14,20,22H,2-11,13,15-19H2,1H3,(H,23,24). The second kappa shape index (κ2) is 20.4. The number of aliphatic hydroxyl groups excluding tert-OH is 1. The van der Waals surface area contributed by atoms with Gasteiger partial charge < -0.3 is 19.7 Å². The molecule has 0 saturated heterocycles. The maximum atomic E-state index is 10.4. The average Bonchev–Trinajstić information content (AvgIpc) is 2.63. The van der Waals surface area contributed by atoms with E-state index in [4.69, 9.17) is 19.7 Å². The molecule has 0 heterocycles. The highest BCUT2D eigenvalue weighted by molar-refractivity contribution is 5.72. The molecule has 0 amide bonds. The van der Waals surface area contributed by atoms with Crippen molar-refractivity contribution in [3.05, 3.63) is 12.2 Å². The van der Waals surface area contributed by atoms with Crippen LogP contribution in [0.1, 0.15) is 84.0 Å². The number of hydrogen-bond acceptors (Lipinski definition) is 4. The van der Waals surface area contributed by atoms with Gasteiger partial charge in [-0.25, -0.2) is 4.79 Å². The summed E-state index contributed by atoms with van der Waals surface area (Å²) in [5.41, 5.74) is 0. The Kier molecular flexibility index (Phi) is 19.7. The van der Waals surface area contributed by atoms with Crippen molar-refractivity contribution in [2.24, 2.45) is 0 Å². The number of unbranched alkanes of at least 4 members (excludes halogenated alkanes) is 10. The Morgan fingerprint density at radius 3 is 1.92 bits per heavy atom. The molecule has 154 valence electrons. The zero-order chi connectivity index (χ0) is 19.3. The van der Waals surface area contributed by atoms with Crippen molar-refractivity contribution in [3.63, 3.8) is 0 Å². The lowest BCUT2D eigenvalue weighted by Gasteiger charge is -2.05. The molecule has 0 aliphatic rings. The van der Waals surface area contributed by atoms with Crippen molar-refractivity contribution in [2.45, 2.75) is 90.1 Å². The average molecular weight is 373 g/mol. The molecular formula is C21H40O5. The predicted molar refractivity (Wildman–Crippen MR) is 105 cm³/mol. The first-order valence-corrected chi connectivity index (χ1v) is 10.4. The molecule has 5 heteroatoms. The predicted octanol–water partition coefficient (Wildman–Crippen LogP) is 4.72. The molecule has 0 aliphatic carbocycles. The van der Waals surface area contributed by atoms with E-state index in [1.807, 2.05) is 13.0 Å². The van der Waals surface area contributed by atoms with Crippen molar-refractivity contribution in [1.82, 2.24) is 0 Å². The third-order valence-corrected chi connectivity index (χ3v) is 4.30. The topological polar surface area (TPSA) is 76.0 Å². The second-order valence-corrected chi connectivity index (χ2v) is 6.69. The maximum Gasteiger partial charge on any atom is 0.332 e. The zero-order valence-electron chi connectivity index (χ0n) is 16.7. The van der Waals surface area contributed by atoms with Gasteiger partial charge in [0, 0.05) is 19.6 Å². The Morgan fingerprint density at radius 1 is 0.808 bits per heavy atom. The zero-order valence-corrected chi connectivity index (χ0v) is 16.7. The molecule has 0 saturated carbocycles. The molecule has 26 heavy (non-hydrogen) atoms.